The highest BCUT2D eigenvalue weighted by atomic mass is 35.5. The first-order valence-corrected chi connectivity index (χ1v) is 8.06. The van der Waals surface area contributed by atoms with E-state index in [0.29, 0.717) is 0 Å². The van der Waals surface area contributed by atoms with Gasteiger partial charge in [0.05, 0.1) is 22.3 Å². The van der Waals surface area contributed by atoms with Gasteiger partial charge in [-0.15, -0.1) is 0 Å². The summed E-state index contributed by atoms with van der Waals surface area (Å²) in [5.74, 6) is -1.77. The van der Waals surface area contributed by atoms with E-state index >= 15 is 0 Å². The SMILES string of the molecule is Fc1cc(Cl)cnc1Cn1c(-c2cnc(F)c(Cl)c2)nc(C(F)F)c1Cl. The largest absolute Gasteiger partial charge is 0.308 e. The molecule has 0 saturated heterocycles. The Kier molecular flexibility index (Phi) is 5.36. The zero-order valence-electron chi connectivity index (χ0n) is 12.5. The van der Waals surface area contributed by atoms with Crippen LogP contribution < -0.4 is 0 Å². The molecule has 3 aromatic heterocycles. The molecule has 0 N–H and O–H groups in total. The minimum absolute atomic E-state index is 0.0750. The quantitative estimate of drug-likeness (QED) is 0.406. The van der Waals surface area contributed by atoms with E-state index in [1.165, 1.54) is 6.20 Å². The number of imidazole rings is 1. The first kappa shape index (κ1) is 18.9. The molecule has 0 fully saturated rings. The summed E-state index contributed by atoms with van der Waals surface area (Å²) in [5.41, 5.74) is -0.687. The molecule has 3 heterocycles. The molecule has 0 aliphatic rings. The number of nitrogens with zero attached hydrogens (tertiary/aromatic N) is 4. The summed E-state index contributed by atoms with van der Waals surface area (Å²) in [6.45, 7) is -0.314. The van der Waals surface area contributed by atoms with Gasteiger partial charge in [0.1, 0.15) is 22.5 Å². The molecule has 0 saturated carbocycles. The van der Waals surface area contributed by atoms with Crippen LogP contribution in [0.15, 0.2) is 24.5 Å². The van der Waals surface area contributed by atoms with Crippen molar-refractivity contribution in [1.29, 1.82) is 0 Å². The smallest absolute Gasteiger partial charge is 0.283 e. The molecule has 136 valence electrons. The number of hydrogen-bond donors (Lipinski definition) is 0. The van der Waals surface area contributed by atoms with Crippen LogP contribution in [0.5, 0.6) is 0 Å². The number of aromatic nitrogens is 4. The zero-order chi connectivity index (χ0) is 19.0. The Morgan fingerprint density at radius 3 is 2.38 bits per heavy atom. The number of alkyl halides is 2. The van der Waals surface area contributed by atoms with Crippen molar-refractivity contribution in [2.45, 2.75) is 13.0 Å². The first-order valence-electron chi connectivity index (χ1n) is 6.93. The van der Waals surface area contributed by atoms with Gasteiger partial charge in [-0.05, 0) is 12.1 Å². The molecule has 3 aromatic rings. The molecule has 0 aliphatic heterocycles. The first-order chi connectivity index (χ1) is 12.3. The van der Waals surface area contributed by atoms with Gasteiger partial charge in [-0.2, -0.15) is 4.39 Å². The molecular weight excluding hydrogens is 419 g/mol. The summed E-state index contributed by atoms with van der Waals surface area (Å²) in [4.78, 5) is 11.0. The standard InChI is InChI=1S/C15H7Cl3F4N4/c16-7-2-9(19)10(23-4-7)5-26-12(18)11(13(20)21)25-15(26)6-1-8(17)14(22)24-3-6/h1-4,13H,5H2. The van der Waals surface area contributed by atoms with E-state index < -0.39 is 29.0 Å². The van der Waals surface area contributed by atoms with E-state index in [1.54, 1.807) is 0 Å². The molecule has 0 bridgehead atoms. The van der Waals surface area contributed by atoms with Crippen molar-refractivity contribution in [3.8, 4) is 11.4 Å². The highest BCUT2D eigenvalue weighted by molar-refractivity contribution is 6.31. The van der Waals surface area contributed by atoms with Gasteiger partial charge < -0.3 is 4.57 Å². The van der Waals surface area contributed by atoms with Gasteiger partial charge in [0.15, 0.2) is 0 Å². The van der Waals surface area contributed by atoms with Crippen molar-refractivity contribution in [1.82, 2.24) is 19.5 Å². The molecule has 0 radical (unpaired) electrons. The van der Waals surface area contributed by atoms with Gasteiger partial charge in [0.2, 0.25) is 5.95 Å². The monoisotopic (exact) mass is 424 g/mol. The third-order valence-corrected chi connectivity index (χ3v) is 4.25. The molecule has 0 spiro atoms. The number of pyridine rings is 2. The van der Waals surface area contributed by atoms with Gasteiger partial charge in [-0.3, -0.25) is 4.98 Å². The Balaban J connectivity index is 2.14. The van der Waals surface area contributed by atoms with Gasteiger partial charge in [-0.1, -0.05) is 34.8 Å². The van der Waals surface area contributed by atoms with Crippen molar-refractivity contribution in [2.24, 2.45) is 0 Å². The lowest BCUT2D eigenvalue weighted by Crippen LogP contribution is -2.07. The van der Waals surface area contributed by atoms with E-state index in [9.17, 15) is 17.6 Å². The van der Waals surface area contributed by atoms with Gasteiger partial charge in [0, 0.05) is 18.0 Å². The Bertz CT molecular complexity index is 978. The maximum absolute atomic E-state index is 14.0. The highest BCUT2D eigenvalue weighted by Gasteiger charge is 2.25. The van der Waals surface area contributed by atoms with E-state index in [1.807, 2.05) is 0 Å². The minimum Gasteiger partial charge on any atom is -0.308 e. The van der Waals surface area contributed by atoms with Crippen LogP contribution in [0.25, 0.3) is 11.4 Å². The minimum atomic E-state index is -2.98. The van der Waals surface area contributed by atoms with E-state index in [2.05, 4.69) is 15.0 Å². The van der Waals surface area contributed by atoms with Crippen LogP contribution in [0.3, 0.4) is 0 Å². The second-order valence-corrected chi connectivity index (χ2v) is 6.28. The zero-order valence-corrected chi connectivity index (χ0v) is 14.8. The molecule has 3 rings (SSSR count). The summed E-state index contributed by atoms with van der Waals surface area (Å²) >= 11 is 17.3. The predicted octanol–water partition coefficient (Wildman–Crippen LogP) is 5.56. The second-order valence-electron chi connectivity index (χ2n) is 5.08. The predicted molar refractivity (Wildman–Crippen MR) is 88.7 cm³/mol. The molecule has 26 heavy (non-hydrogen) atoms. The van der Waals surface area contributed by atoms with Gasteiger partial charge in [0.25, 0.3) is 6.43 Å². The molecule has 0 atom stereocenters. The van der Waals surface area contributed by atoms with Crippen LogP contribution >= 0.6 is 34.8 Å². The Hall–Kier alpha value is -1.90. The van der Waals surface area contributed by atoms with Crippen molar-refractivity contribution in [3.63, 3.8) is 0 Å². The van der Waals surface area contributed by atoms with Crippen LogP contribution in [0.1, 0.15) is 17.8 Å². The second kappa shape index (κ2) is 7.38. The summed E-state index contributed by atoms with van der Waals surface area (Å²) in [5, 5.41) is -0.667. The average molecular weight is 426 g/mol. The van der Waals surface area contributed by atoms with Crippen LogP contribution in [-0.2, 0) is 6.54 Å². The number of hydrogen-bond acceptors (Lipinski definition) is 3. The van der Waals surface area contributed by atoms with Crippen LogP contribution in [0.2, 0.25) is 15.2 Å². The molecule has 0 aliphatic carbocycles. The van der Waals surface area contributed by atoms with Crippen molar-refractivity contribution < 1.29 is 17.6 Å². The lowest BCUT2D eigenvalue weighted by Gasteiger charge is -2.10. The van der Waals surface area contributed by atoms with Crippen LogP contribution in [0.4, 0.5) is 17.6 Å². The fourth-order valence-electron chi connectivity index (χ4n) is 2.21. The van der Waals surface area contributed by atoms with Crippen molar-refractivity contribution in [3.05, 3.63) is 62.9 Å². The summed E-state index contributed by atoms with van der Waals surface area (Å²) in [6.07, 6.45) is -0.721. The molecule has 11 heteroatoms. The van der Waals surface area contributed by atoms with Crippen LogP contribution in [-0.4, -0.2) is 19.5 Å². The fourth-order valence-corrected chi connectivity index (χ4v) is 2.78. The number of rotatable bonds is 4. The van der Waals surface area contributed by atoms with Crippen molar-refractivity contribution in [2.75, 3.05) is 0 Å². The lowest BCUT2D eigenvalue weighted by molar-refractivity contribution is 0.146. The summed E-state index contributed by atoms with van der Waals surface area (Å²) in [7, 11) is 0. The normalized spacial score (nSPS) is 11.4. The van der Waals surface area contributed by atoms with Gasteiger partial charge >= 0.3 is 0 Å². The Labute approximate surface area is 159 Å². The van der Waals surface area contributed by atoms with Crippen molar-refractivity contribution >= 4 is 34.8 Å². The molecule has 0 unspecified atom stereocenters. The lowest BCUT2D eigenvalue weighted by atomic mass is 10.2. The van der Waals surface area contributed by atoms with Gasteiger partial charge in [-0.25, -0.2) is 23.1 Å². The summed E-state index contributed by atoms with van der Waals surface area (Å²) < 4.78 is 54.8. The van der Waals surface area contributed by atoms with E-state index in [-0.39, 0.29) is 33.7 Å². The molecule has 0 amide bonds. The third kappa shape index (κ3) is 3.62. The highest BCUT2D eigenvalue weighted by Crippen LogP contribution is 2.33. The summed E-state index contributed by atoms with van der Waals surface area (Å²) in [6, 6.07) is 2.18. The maximum Gasteiger partial charge on any atom is 0.283 e. The Morgan fingerprint density at radius 1 is 1.04 bits per heavy atom. The fraction of sp³-hybridized carbons (Fsp3) is 0.133. The molecule has 4 nitrogen and oxygen atoms in total. The topological polar surface area (TPSA) is 43.6 Å². The Morgan fingerprint density at radius 2 is 1.77 bits per heavy atom. The average Bonchev–Trinajstić information content (AvgIpc) is 2.90. The van der Waals surface area contributed by atoms with E-state index in [4.69, 9.17) is 34.8 Å². The molecule has 0 aromatic carbocycles. The van der Waals surface area contributed by atoms with Crippen LogP contribution in [0, 0.1) is 11.8 Å². The maximum atomic E-state index is 14.0. The number of halogens is 7. The molecular formula is C15H7Cl3F4N4. The third-order valence-electron chi connectivity index (χ3n) is 3.38. The van der Waals surface area contributed by atoms with E-state index in [0.717, 1.165) is 22.9 Å².